The van der Waals surface area contributed by atoms with Crippen molar-refractivity contribution < 1.29 is 38.8 Å². The number of hydrogen-bond acceptors (Lipinski definition) is 8. The normalized spacial score (nSPS) is 19.7. The lowest BCUT2D eigenvalue weighted by molar-refractivity contribution is -0.149. The highest BCUT2D eigenvalue weighted by atomic mass is 32.2. The van der Waals surface area contributed by atoms with E-state index in [1.54, 1.807) is 24.3 Å². The average molecular weight is 478 g/mol. The smallest absolute Gasteiger partial charge is 0.394 e. The molecule has 0 aliphatic carbocycles. The van der Waals surface area contributed by atoms with Crippen molar-refractivity contribution in [2.75, 3.05) is 32.7 Å². The third kappa shape index (κ3) is 5.49. The topological polar surface area (TPSA) is 182 Å². The van der Waals surface area contributed by atoms with Crippen LogP contribution in [0.1, 0.15) is 0 Å². The maximum Gasteiger partial charge on any atom is 0.394 e. The van der Waals surface area contributed by atoms with Crippen LogP contribution < -0.4 is 25.8 Å². The van der Waals surface area contributed by atoms with Gasteiger partial charge in [-0.05, 0) is 18.2 Å². The van der Waals surface area contributed by atoms with Crippen LogP contribution in [0.15, 0.2) is 45.6 Å². The fourth-order valence-electron chi connectivity index (χ4n) is 3.23. The minimum absolute atomic E-state index is 0.0118. The van der Waals surface area contributed by atoms with E-state index in [1.807, 2.05) is 0 Å². The first-order valence-electron chi connectivity index (χ1n) is 9.54. The van der Waals surface area contributed by atoms with Gasteiger partial charge in [0.2, 0.25) is 0 Å². The van der Waals surface area contributed by atoms with E-state index in [2.05, 4.69) is 15.6 Å². The molecule has 1 aromatic carbocycles. The van der Waals surface area contributed by atoms with Crippen LogP contribution in [-0.4, -0.2) is 66.6 Å². The molecule has 1 amide bonds. The molecule has 33 heavy (non-hydrogen) atoms. The van der Waals surface area contributed by atoms with E-state index >= 15 is 0 Å². The fourth-order valence-corrected chi connectivity index (χ4v) is 4.53. The zero-order valence-electron chi connectivity index (χ0n) is 17.7. The third-order valence-corrected chi connectivity index (χ3v) is 6.06. The zero-order valence-corrected chi connectivity index (χ0v) is 18.5. The minimum Gasteiger partial charge on any atom is -0.497 e. The van der Waals surface area contributed by atoms with Crippen molar-refractivity contribution in [2.24, 2.45) is 16.6 Å². The number of methoxy groups -OCH3 is 2. The van der Waals surface area contributed by atoms with Gasteiger partial charge in [-0.3, -0.25) is 4.79 Å². The summed E-state index contributed by atoms with van der Waals surface area (Å²) in [5.74, 6) is -3.28. The van der Waals surface area contributed by atoms with Crippen molar-refractivity contribution in [1.82, 2.24) is 5.32 Å². The van der Waals surface area contributed by atoms with Gasteiger partial charge in [0, 0.05) is 12.0 Å². The monoisotopic (exact) mass is 478 g/mol. The molecular weight excluding hydrogens is 456 g/mol. The number of carboxylic acid groups (broad SMARTS) is 2. The zero-order chi connectivity index (χ0) is 24.1. The molecule has 2 atom stereocenters. The van der Waals surface area contributed by atoms with Gasteiger partial charge in [0.25, 0.3) is 0 Å². The first-order valence-corrected chi connectivity index (χ1v) is 10.4. The first-order chi connectivity index (χ1) is 15.7. The Morgan fingerprint density at radius 2 is 2.00 bits per heavy atom. The second-order valence-electron chi connectivity index (χ2n) is 6.83. The van der Waals surface area contributed by atoms with Gasteiger partial charge in [-0.15, -0.1) is 0 Å². The Kier molecular flexibility index (Phi) is 7.33. The lowest BCUT2D eigenvalue weighted by Gasteiger charge is -2.24. The molecule has 6 N–H and O–H groups in total. The van der Waals surface area contributed by atoms with Crippen LogP contribution in [0.25, 0.3) is 0 Å². The predicted molar refractivity (Wildman–Crippen MR) is 119 cm³/mol. The quantitative estimate of drug-likeness (QED) is 0.210. The van der Waals surface area contributed by atoms with Crippen molar-refractivity contribution in [3.63, 3.8) is 0 Å². The van der Waals surface area contributed by atoms with Crippen molar-refractivity contribution in [2.45, 2.75) is 5.25 Å². The van der Waals surface area contributed by atoms with Gasteiger partial charge in [0.15, 0.2) is 5.96 Å². The van der Waals surface area contributed by atoms with E-state index in [4.69, 9.17) is 25.1 Å². The SMILES string of the molecule is COc1ccc(NC(N)=NCC2=CC3C(C(=O)O)=C(NC(=O)C(=O)O)SC3CO2)c(OC)c1. The summed E-state index contributed by atoms with van der Waals surface area (Å²) < 4.78 is 16.1. The second-order valence-corrected chi connectivity index (χ2v) is 8.08. The Hall–Kier alpha value is -3.87. The Morgan fingerprint density at radius 1 is 1.24 bits per heavy atom. The van der Waals surface area contributed by atoms with Gasteiger partial charge in [0.05, 0.1) is 42.3 Å². The van der Waals surface area contributed by atoms with Crippen LogP contribution >= 0.6 is 11.8 Å². The molecule has 2 unspecified atom stereocenters. The number of nitrogens with one attached hydrogen (secondary N) is 2. The summed E-state index contributed by atoms with van der Waals surface area (Å²) in [4.78, 5) is 38.3. The number of carbonyl (C=O) groups is 3. The minimum atomic E-state index is -1.71. The van der Waals surface area contributed by atoms with Gasteiger partial charge in [-0.1, -0.05) is 11.8 Å². The number of carbonyl (C=O) groups excluding carboxylic acids is 1. The Bertz CT molecular complexity index is 1070. The van der Waals surface area contributed by atoms with Crippen LogP contribution in [0.3, 0.4) is 0 Å². The maximum atomic E-state index is 11.8. The van der Waals surface area contributed by atoms with E-state index in [0.29, 0.717) is 22.9 Å². The lowest BCUT2D eigenvalue weighted by Crippen LogP contribution is -2.30. The summed E-state index contributed by atoms with van der Waals surface area (Å²) in [5.41, 5.74) is 6.43. The number of guanidine groups is 1. The molecule has 13 heteroatoms. The molecular formula is C20H22N4O8S. The molecule has 0 saturated carbocycles. The number of rotatable bonds is 7. The number of carboxylic acids is 2. The summed E-state index contributed by atoms with van der Waals surface area (Å²) in [6, 6.07) is 5.12. The number of nitrogens with zero attached hydrogens (tertiary/aromatic N) is 1. The van der Waals surface area contributed by atoms with Crippen LogP contribution in [0.5, 0.6) is 11.5 Å². The largest absolute Gasteiger partial charge is 0.497 e. The second kappa shape index (κ2) is 10.2. The van der Waals surface area contributed by atoms with E-state index in [0.717, 1.165) is 11.8 Å². The van der Waals surface area contributed by atoms with Gasteiger partial charge < -0.3 is 40.8 Å². The predicted octanol–water partition coefficient (Wildman–Crippen LogP) is 0.573. The number of fused-ring (bicyclic) bond motifs is 1. The molecule has 0 bridgehead atoms. The number of aliphatic imine (C=N–C) groups is 1. The molecule has 2 aliphatic heterocycles. The van der Waals surface area contributed by atoms with E-state index in [9.17, 15) is 19.5 Å². The Balaban J connectivity index is 1.73. The van der Waals surface area contributed by atoms with Gasteiger partial charge in [-0.25, -0.2) is 14.6 Å². The molecule has 0 aromatic heterocycles. The number of hydrogen-bond donors (Lipinski definition) is 5. The third-order valence-electron chi connectivity index (χ3n) is 4.77. The van der Waals surface area contributed by atoms with Crippen LogP contribution in [0, 0.1) is 5.92 Å². The Morgan fingerprint density at radius 3 is 2.64 bits per heavy atom. The molecule has 1 aromatic rings. The number of anilines is 1. The number of aliphatic carboxylic acids is 2. The van der Waals surface area contributed by atoms with Crippen molar-refractivity contribution >= 4 is 41.3 Å². The number of benzene rings is 1. The van der Waals surface area contributed by atoms with Crippen LogP contribution in [-0.2, 0) is 19.1 Å². The summed E-state index contributed by atoms with van der Waals surface area (Å²) in [7, 11) is 3.04. The highest BCUT2D eigenvalue weighted by Crippen LogP contribution is 2.44. The molecule has 3 rings (SSSR count). The summed E-state index contributed by atoms with van der Waals surface area (Å²) in [6.07, 6.45) is 1.59. The number of amides is 1. The van der Waals surface area contributed by atoms with Gasteiger partial charge in [-0.2, -0.15) is 0 Å². The first kappa shape index (κ1) is 23.8. The fraction of sp³-hybridized carbons (Fsp3) is 0.300. The molecule has 0 saturated heterocycles. The number of ether oxygens (including phenoxy) is 3. The number of allylic oxidation sites excluding steroid dienone is 1. The van der Waals surface area contributed by atoms with Gasteiger partial charge >= 0.3 is 17.8 Å². The van der Waals surface area contributed by atoms with E-state index in [-0.39, 0.29) is 35.0 Å². The van der Waals surface area contributed by atoms with Crippen molar-refractivity contribution in [3.8, 4) is 11.5 Å². The van der Waals surface area contributed by atoms with Crippen LogP contribution in [0.2, 0.25) is 0 Å². The summed E-state index contributed by atoms with van der Waals surface area (Å²) in [6.45, 7) is 0.189. The van der Waals surface area contributed by atoms with Crippen LogP contribution in [0.4, 0.5) is 5.69 Å². The van der Waals surface area contributed by atoms with E-state index in [1.165, 1.54) is 14.2 Å². The maximum absolute atomic E-state index is 11.8. The molecule has 0 fully saturated rings. The molecule has 0 radical (unpaired) electrons. The van der Waals surface area contributed by atoms with Crippen molar-refractivity contribution in [3.05, 3.63) is 40.6 Å². The molecule has 12 nitrogen and oxygen atoms in total. The molecule has 2 aliphatic rings. The van der Waals surface area contributed by atoms with Gasteiger partial charge in [0.1, 0.15) is 23.9 Å². The number of thioether (sulfide) groups is 1. The van der Waals surface area contributed by atoms with Crippen molar-refractivity contribution in [1.29, 1.82) is 0 Å². The number of nitrogens with two attached hydrogens (primary N) is 1. The highest BCUT2D eigenvalue weighted by Gasteiger charge is 2.42. The molecule has 176 valence electrons. The average Bonchev–Trinajstić information content (AvgIpc) is 3.15. The summed E-state index contributed by atoms with van der Waals surface area (Å²) >= 11 is 1.05. The standard InChI is InChI=1S/C20H22N4O8S/c1-30-9-3-4-12(13(6-9)31-2)23-20(21)22-7-10-5-11-14(8-32-10)33-17(15(11)18(26)27)24-16(25)19(28)29/h3-6,11,14H,7-8H2,1-2H3,(H,24,25)(H,26,27)(H,28,29)(H3,21,22,23). The highest BCUT2D eigenvalue weighted by molar-refractivity contribution is 8.04. The summed E-state index contributed by atoms with van der Waals surface area (Å²) in [5, 5.41) is 23.1. The molecule has 2 heterocycles. The lowest BCUT2D eigenvalue weighted by atomic mass is 9.94. The van der Waals surface area contributed by atoms with E-state index < -0.39 is 23.8 Å². The molecule has 0 spiro atoms. The Labute approximate surface area is 192 Å².